The number of halogens is 3. The van der Waals surface area contributed by atoms with Gasteiger partial charge in [-0.25, -0.2) is 12.8 Å². The first-order valence-corrected chi connectivity index (χ1v) is 7.42. The van der Waals surface area contributed by atoms with Gasteiger partial charge in [0.05, 0.1) is 10.5 Å². The van der Waals surface area contributed by atoms with E-state index in [1.54, 1.807) is 0 Å². The largest absolute Gasteiger partial charge is 0.305 e. The van der Waals surface area contributed by atoms with Crippen molar-refractivity contribution in [2.75, 3.05) is 0 Å². The zero-order valence-electron chi connectivity index (χ0n) is 10.1. The molecule has 0 N–H and O–H groups in total. The number of rotatable bonds is 3. The van der Waals surface area contributed by atoms with E-state index in [2.05, 4.69) is 10.2 Å². The summed E-state index contributed by atoms with van der Waals surface area (Å²) in [5, 5.41) is 16.4. The number of benzene rings is 1. The number of nitro groups is 1. The van der Waals surface area contributed by atoms with Gasteiger partial charge in [0, 0.05) is 23.8 Å². The molecule has 0 aliphatic rings. The lowest BCUT2D eigenvalue weighted by atomic mass is 10.1. The number of nitro benzene ring substituents is 1. The van der Waals surface area contributed by atoms with Crippen LogP contribution in [0, 0.1) is 21.7 Å². The van der Waals surface area contributed by atoms with Crippen LogP contribution in [0.3, 0.4) is 0 Å². The highest BCUT2D eigenvalue weighted by Gasteiger charge is 2.28. The highest BCUT2D eigenvalue weighted by atomic mass is 35.7. The Labute approximate surface area is 120 Å². The lowest BCUT2D eigenvalue weighted by Gasteiger charge is -2.05. The molecule has 0 bridgehead atoms. The van der Waals surface area contributed by atoms with Crippen molar-refractivity contribution in [1.29, 1.82) is 0 Å². The van der Waals surface area contributed by atoms with E-state index in [9.17, 15) is 27.3 Å². The standard InChI is InChI=1S/C9H5ClF2N4O4S/c1-15-8(13-14-9(15)21(10,19)20)6-4(11)2-3-5(7(6)12)16(17)18/h2-3H,1H3. The molecule has 0 radical (unpaired) electrons. The highest BCUT2D eigenvalue weighted by Crippen LogP contribution is 2.31. The Kier molecular flexibility index (Phi) is 3.63. The van der Waals surface area contributed by atoms with Crippen LogP contribution in [0.5, 0.6) is 0 Å². The number of hydrogen-bond acceptors (Lipinski definition) is 6. The molecular formula is C9H5ClF2N4O4S. The minimum Gasteiger partial charge on any atom is -0.300 e. The van der Waals surface area contributed by atoms with Gasteiger partial charge in [0.15, 0.2) is 5.82 Å². The van der Waals surface area contributed by atoms with Crippen molar-refractivity contribution in [3.8, 4) is 11.4 Å². The van der Waals surface area contributed by atoms with Crippen LogP contribution in [0.4, 0.5) is 14.5 Å². The summed E-state index contributed by atoms with van der Waals surface area (Å²) in [6.07, 6.45) is 0. The molecule has 1 aromatic heterocycles. The Balaban J connectivity index is 2.77. The third-order valence-corrected chi connectivity index (χ3v) is 3.75. The summed E-state index contributed by atoms with van der Waals surface area (Å²) >= 11 is 0. The first kappa shape index (κ1) is 15.3. The number of hydrogen-bond donors (Lipinski definition) is 0. The fourth-order valence-corrected chi connectivity index (χ4v) is 2.59. The lowest BCUT2D eigenvalue weighted by Crippen LogP contribution is -2.05. The molecule has 0 atom stereocenters. The first-order valence-electron chi connectivity index (χ1n) is 5.11. The van der Waals surface area contributed by atoms with Crippen LogP contribution >= 0.6 is 10.7 Å². The number of nitrogens with zero attached hydrogens (tertiary/aromatic N) is 4. The Morgan fingerprint density at radius 2 is 1.95 bits per heavy atom. The maximum atomic E-state index is 14.0. The maximum Gasteiger partial charge on any atom is 0.305 e. The summed E-state index contributed by atoms with van der Waals surface area (Å²) in [5.74, 6) is -3.20. The van der Waals surface area contributed by atoms with Crippen LogP contribution in [0.2, 0.25) is 0 Å². The molecule has 12 heteroatoms. The molecule has 0 fully saturated rings. The van der Waals surface area contributed by atoms with E-state index >= 15 is 0 Å². The summed E-state index contributed by atoms with van der Waals surface area (Å²) in [7, 11) is 1.89. The average molecular weight is 339 g/mol. The second-order valence-corrected chi connectivity index (χ2v) is 6.28. The zero-order chi connectivity index (χ0) is 15.9. The third-order valence-electron chi connectivity index (χ3n) is 2.54. The molecule has 2 rings (SSSR count). The van der Waals surface area contributed by atoms with Crippen LogP contribution in [-0.2, 0) is 16.1 Å². The smallest absolute Gasteiger partial charge is 0.300 e. The molecule has 1 heterocycles. The molecule has 1 aromatic carbocycles. The van der Waals surface area contributed by atoms with E-state index < -0.39 is 47.8 Å². The van der Waals surface area contributed by atoms with Crippen molar-refractivity contribution in [3.05, 3.63) is 33.9 Å². The van der Waals surface area contributed by atoms with E-state index in [1.807, 2.05) is 0 Å². The van der Waals surface area contributed by atoms with Gasteiger partial charge in [0.25, 0.3) is 14.2 Å². The summed E-state index contributed by atoms with van der Waals surface area (Å²) in [4.78, 5) is 9.60. The molecule has 8 nitrogen and oxygen atoms in total. The van der Waals surface area contributed by atoms with Gasteiger partial charge in [-0.15, -0.1) is 10.2 Å². The van der Waals surface area contributed by atoms with Crippen LogP contribution in [0.15, 0.2) is 17.3 Å². The van der Waals surface area contributed by atoms with Crippen LogP contribution in [-0.4, -0.2) is 28.1 Å². The monoisotopic (exact) mass is 338 g/mol. The molecule has 0 saturated heterocycles. The number of aromatic nitrogens is 3. The molecule has 0 unspecified atom stereocenters. The van der Waals surface area contributed by atoms with Gasteiger partial charge in [-0.3, -0.25) is 14.7 Å². The van der Waals surface area contributed by atoms with Crippen LogP contribution in [0.1, 0.15) is 0 Å². The lowest BCUT2D eigenvalue weighted by molar-refractivity contribution is -0.387. The molecule has 21 heavy (non-hydrogen) atoms. The van der Waals surface area contributed by atoms with E-state index in [0.717, 1.165) is 7.05 Å². The van der Waals surface area contributed by atoms with Gasteiger partial charge >= 0.3 is 5.69 Å². The molecule has 0 saturated carbocycles. The third kappa shape index (κ3) is 2.56. The predicted octanol–water partition coefficient (Wildman–Crippen LogP) is 1.60. The second-order valence-electron chi connectivity index (χ2n) is 3.82. The quantitative estimate of drug-likeness (QED) is 0.478. The minimum absolute atomic E-state index is 0.548. The molecule has 2 aromatic rings. The zero-order valence-corrected chi connectivity index (χ0v) is 11.7. The van der Waals surface area contributed by atoms with Gasteiger partial charge in [-0.1, -0.05) is 0 Å². The van der Waals surface area contributed by atoms with Crippen molar-refractivity contribution >= 4 is 25.4 Å². The Morgan fingerprint density at radius 3 is 2.43 bits per heavy atom. The highest BCUT2D eigenvalue weighted by molar-refractivity contribution is 8.13. The van der Waals surface area contributed by atoms with E-state index in [-0.39, 0.29) is 0 Å². The van der Waals surface area contributed by atoms with Gasteiger partial charge in [-0.05, 0) is 6.07 Å². The summed E-state index contributed by atoms with van der Waals surface area (Å²) in [6, 6.07) is 1.31. The van der Waals surface area contributed by atoms with Crippen molar-refractivity contribution in [3.63, 3.8) is 0 Å². The van der Waals surface area contributed by atoms with Crippen molar-refractivity contribution in [2.24, 2.45) is 7.05 Å². The fraction of sp³-hybridized carbons (Fsp3) is 0.111. The molecule has 0 amide bonds. The van der Waals surface area contributed by atoms with Gasteiger partial charge in [0.2, 0.25) is 5.82 Å². The fourth-order valence-electron chi connectivity index (χ4n) is 1.63. The summed E-state index contributed by atoms with van der Waals surface area (Å²) in [5.41, 5.74) is -1.85. The van der Waals surface area contributed by atoms with E-state index in [0.29, 0.717) is 16.7 Å². The first-order chi connectivity index (χ1) is 9.64. The predicted molar refractivity (Wildman–Crippen MR) is 66.0 cm³/mol. The van der Waals surface area contributed by atoms with Crippen molar-refractivity contribution < 1.29 is 22.1 Å². The maximum absolute atomic E-state index is 14.0. The van der Waals surface area contributed by atoms with Crippen LogP contribution in [0.25, 0.3) is 11.4 Å². The normalized spacial score (nSPS) is 11.6. The topological polar surface area (TPSA) is 108 Å². The summed E-state index contributed by atoms with van der Waals surface area (Å²) in [6.45, 7) is 0. The van der Waals surface area contributed by atoms with Crippen molar-refractivity contribution in [2.45, 2.75) is 5.16 Å². The molecule has 0 spiro atoms. The van der Waals surface area contributed by atoms with E-state index in [4.69, 9.17) is 10.7 Å². The molecule has 0 aliphatic carbocycles. The second kappa shape index (κ2) is 5.00. The minimum atomic E-state index is -4.29. The average Bonchev–Trinajstić information content (AvgIpc) is 2.71. The van der Waals surface area contributed by atoms with Crippen LogP contribution < -0.4 is 0 Å². The SMILES string of the molecule is Cn1c(-c2c(F)ccc([N+](=O)[O-])c2F)nnc1S(=O)(=O)Cl. The molecule has 0 aliphatic heterocycles. The Bertz CT molecular complexity index is 852. The van der Waals surface area contributed by atoms with Gasteiger partial charge < -0.3 is 0 Å². The van der Waals surface area contributed by atoms with Crippen molar-refractivity contribution in [1.82, 2.24) is 14.8 Å². The van der Waals surface area contributed by atoms with Gasteiger partial charge in [0.1, 0.15) is 5.82 Å². The summed E-state index contributed by atoms with van der Waals surface area (Å²) < 4.78 is 50.8. The Hall–Kier alpha value is -2.14. The molecule has 112 valence electrons. The molecular weight excluding hydrogens is 334 g/mol. The van der Waals surface area contributed by atoms with Gasteiger partial charge in [-0.2, -0.15) is 4.39 Å². The Morgan fingerprint density at radius 1 is 1.33 bits per heavy atom. The van der Waals surface area contributed by atoms with E-state index in [1.165, 1.54) is 0 Å².